The predicted molar refractivity (Wildman–Crippen MR) is 204 cm³/mol. The first-order valence-electron chi connectivity index (χ1n) is 18.7. The second kappa shape index (κ2) is 16.5. The van der Waals surface area contributed by atoms with Crippen LogP contribution in [0.3, 0.4) is 0 Å². The number of anilines is 1. The number of likely N-dealkylation sites (tertiary alicyclic amines) is 1. The molecule has 3 saturated heterocycles. The summed E-state index contributed by atoms with van der Waals surface area (Å²) in [6.45, 7) is 5.15. The Bertz CT molecular complexity index is 1910. The number of aliphatic carboxylic acids is 1. The highest BCUT2D eigenvalue weighted by molar-refractivity contribution is 5.93. The average Bonchev–Trinajstić information content (AvgIpc) is 3.52. The second-order valence-electron chi connectivity index (χ2n) is 14.5. The number of aliphatic hydroxyl groups is 1. The minimum atomic E-state index is -1.00. The van der Waals surface area contributed by atoms with Crippen molar-refractivity contribution in [2.75, 3.05) is 31.2 Å². The van der Waals surface area contributed by atoms with Gasteiger partial charge >= 0.3 is 5.97 Å². The van der Waals surface area contributed by atoms with Crippen molar-refractivity contribution in [3.8, 4) is 11.1 Å². The van der Waals surface area contributed by atoms with Gasteiger partial charge in [-0.2, -0.15) is 0 Å². The normalized spacial score (nSPS) is 22.6. The summed E-state index contributed by atoms with van der Waals surface area (Å²) < 4.78 is 13.5. The number of para-hydroxylation sites is 1. The number of carboxylic acids is 1. The van der Waals surface area contributed by atoms with E-state index in [1.165, 1.54) is 0 Å². The number of piperidine rings is 1. The molecule has 282 valence electrons. The maximum Gasteiger partial charge on any atom is 0.303 e. The zero-order valence-corrected chi connectivity index (χ0v) is 30.5. The van der Waals surface area contributed by atoms with Crippen LogP contribution in [0.2, 0.25) is 0 Å². The van der Waals surface area contributed by atoms with Gasteiger partial charge in [0.25, 0.3) is 0 Å². The summed E-state index contributed by atoms with van der Waals surface area (Å²) in [5.74, 6) is -1.19. The van der Waals surface area contributed by atoms with Crippen molar-refractivity contribution >= 4 is 23.5 Å². The van der Waals surface area contributed by atoms with Gasteiger partial charge in [-0.15, -0.1) is 0 Å². The van der Waals surface area contributed by atoms with Crippen LogP contribution in [0.4, 0.5) is 5.69 Å². The Hall–Kier alpha value is -5.07. The summed E-state index contributed by atoms with van der Waals surface area (Å²) in [4.78, 5) is 41.1. The van der Waals surface area contributed by atoms with E-state index in [9.17, 15) is 19.5 Å². The van der Waals surface area contributed by atoms with E-state index in [0.717, 1.165) is 65.0 Å². The molecule has 0 saturated carbocycles. The fourth-order valence-corrected chi connectivity index (χ4v) is 8.00. The molecule has 0 unspecified atom stereocenters. The minimum absolute atomic E-state index is 0.0181. The fourth-order valence-electron chi connectivity index (χ4n) is 8.00. The average molecular weight is 733 g/mol. The standard InChI is InChI=1S/C43H48N4O7/c1-29-37(26-46-23-21-43(22-24-46)42(52)45-28-47(43)35-8-3-2-4-9-35)53-41(54-40(29)32-13-11-30(27-48)12-14-32)33-17-15-31(16-18-33)36-10-6-5-7-34(36)25-44-38(49)19-20-39(50)51/h2-18,29,37,40-41,48H,19-28H2,1H3,(H,44,49)(H,45,52)(H,50,51)/t29-,37+,40+,41+/m1/s1. The van der Waals surface area contributed by atoms with E-state index in [0.29, 0.717) is 13.2 Å². The number of benzene rings is 4. The van der Waals surface area contributed by atoms with E-state index in [2.05, 4.69) is 39.5 Å². The van der Waals surface area contributed by atoms with Gasteiger partial charge in [0.2, 0.25) is 11.8 Å². The summed E-state index contributed by atoms with van der Waals surface area (Å²) in [5, 5.41) is 24.5. The molecule has 4 N–H and O–H groups in total. The number of aliphatic hydroxyl groups excluding tert-OH is 1. The molecule has 0 radical (unpaired) electrons. The van der Waals surface area contributed by atoms with Gasteiger partial charge in [0.05, 0.1) is 31.9 Å². The summed E-state index contributed by atoms with van der Waals surface area (Å²) in [5.41, 5.74) is 6.08. The highest BCUT2D eigenvalue weighted by atomic mass is 16.7. The van der Waals surface area contributed by atoms with Crippen LogP contribution in [0, 0.1) is 5.92 Å². The lowest BCUT2D eigenvalue weighted by Gasteiger charge is -2.46. The van der Waals surface area contributed by atoms with Crippen molar-refractivity contribution in [1.82, 2.24) is 15.5 Å². The van der Waals surface area contributed by atoms with Crippen LogP contribution < -0.4 is 15.5 Å². The predicted octanol–water partition coefficient (Wildman–Crippen LogP) is 5.55. The molecule has 0 aromatic heterocycles. The number of carboxylic acid groups (broad SMARTS) is 1. The highest BCUT2D eigenvalue weighted by Gasteiger charge is 2.51. The SMILES string of the molecule is C[C@@H]1[C@H](CN2CCC3(CC2)C(=O)NCN3c2ccccc2)O[C@H](c2ccc(-c3ccccc3CNC(=O)CCC(=O)O)cc2)O[C@@H]1c1ccc(CO)cc1. The van der Waals surface area contributed by atoms with Gasteiger partial charge in [0.1, 0.15) is 5.54 Å². The minimum Gasteiger partial charge on any atom is -0.481 e. The summed E-state index contributed by atoms with van der Waals surface area (Å²) >= 11 is 0. The zero-order chi connectivity index (χ0) is 37.7. The van der Waals surface area contributed by atoms with Gasteiger partial charge in [0.15, 0.2) is 6.29 Å². The number of nitrogens with one attached hydrogen (secondary N) is 2. The second-order valence-corrected chi connectivity index (χ2v) is 14.5. The summed E-state index contributed by atoms with van der Waals surface area (Å²) in [7, 11) is 0. The maximum absolute atomic E-state index is 13.3. The van der Waals surface area contributed by atoms with E-state index >= 15 is 0 Å². The molecular formula is C43H48N4O7. The van der Waals surface area contributed by atoms with Crippen molar-refractivity contribution in [3.63, 3.8) is 0 Å². The van der Waals surface area contributed by atoms with E-state index in [-0.39, 0.29) is 55.9 Å². The van der Waals surface area contributed by atoms with Gasteiger partial charge in [-0.1, -0.05) is 97.9 Å². The van der Waals surface area contributed by atoms with Gasteiger partial charge in [0, 0.05) is 49.8 Å². The van der Waals surface area contributed by atoms with Crippen molar-refractivity contribution < 1.29 is 34.1 Å². The topological polar surface area (TPSA) is 141 Å². The van der Waals surface area contributed by atoms with Crippen LogP contribution in [-0.2, 0) is 37.0 Å². The molecule has 0 aliphatic carbocycles. The molecule has 11 heteroatoms. The largest absolute Gasteiger partial charge is 0.481 e. The number of hydrogen-bond acceptors (Lipinski definition) is 8. The Morgan fingerprint density at radius 1 is 0.870 bits per heavy atom. The van der Waals surface area contributed by atoms with Crippen molar-refractivity contribution in [1.29, 1.82) is 0 Å². The Morgan fingerprint density at radius 3 is 2.26 bits per heavy atom. The molecule has 3 fully saturated rings. The van der Waals surface area contributed by atoms with Gasteiger partial charge in [-0.3, -0.25) is 14.4 Å². The Labute approximate surface area is 315 Å². The Balaban J connectivity index is 1.07. The molecule has 4 atom stereocenters. The molecule has 4 aromatic rings. The number of carbonyl (C=O) groups is 3. The fraction of sp³-hybridized carbons (Fsp3) is 0.372. The zero-order valence-electron chi connectivity index (χ0n) is 30.5. The number of amides is 2. The number of carbonyl (C=O) groups excluding carboxylic acids is 2. The first-order valence-corrected chi connectivity index (χ1v) is 18.7. The molecular weight excluding hydrogens is 684 g/mol. The third-order valence-electron chi connectivity index (χ3n) is 11.2. The van der Waals surface area contributed by atoms with Crippen molar-refractivity contribution in [3.05, 3.63) is 125 Å². The van der Waals surface area contributed by atoms with E-state index in [4.69, 9.17) is 14.6 Å². The highest BCUT2D eigenvalue weighted by Crippen LogP contribution is 2.43. The molecule has 3 heterocycles. The lowest BCUT2D eigenvalue weighted by atomic mass is 9.84. The number of hydrogen-bond donors (Lipinski definition) is 4. The van der Waals surface area contributed by atoms with E-state index in [1.54, 1.807) is 0 Å². The summed E-state index contributed by atoms with van der Waals surface area (Å²) in [6.07, 6.45) is 0.120. The summed E-state index contributed by atoms with van der Waals surface area (Å²) in [6, 6.07) is 34.0. The quantitative estimate of drug-likeness (QED) is 0.148. The van der Waals surface area contributed by atoms with Crippen LogP contribution in [0.5, 0.6) is 0 Å². The molecule has 7 rings (SSSR count). The van der Waals surface area contributed by atoms with Gasteiger partial charge in [-0.05, 0) is 52.8 Å². The first-order chi connectivity index (χ1) is 26.2. The monoisotopic (exact) mass is 732 g/mol. The van der Waals surface area contributed by atoms with Gasteiger partial charge < -0.3 is 40.1 Å². The molecule has 2 amide bonds. The smallest absolute Gasteiger partial charge is 0.303 e. The van der Waals surface area contributed by atoms with Gasteiger partial charge in [-0.25, -0.2) is 0 Å². The molecule has 54 heavy (non-hydrogen) atoms. The molecule has 4 aromatic carbocycles. The van der Waals surface area contributed by atoms with E-state index in [1.807, 2.05) is 91.0 Å². The number of nitrogens with zero attached hydrogens (tertiary/aromatic N) is 2. The van der Waals surface area contributed by atoms with Crippen LogP contribution in [-0.4, -0.2) is 70.8 Å². The lowest BCUT2D eigenvalue weighted by molar-refractivity contribution is -0.276. The Kier molecular flexibility index (Phi) is 11.4. The molecule has 3 aliphatic heterocycles. The van der Waals surface area contributed by atoms with Crippen LogP contribution in [0.15, 0.2) is 103 Å². The molecule has 1 spiro atoms. The molecule has 11 nitrogen and oxygen atoms in total. The maximum atomic E-state index is 13.3. The Morgan fingerprint density at radius 2 is 1.56 bits per heavy atom. The molecule has 0 bridgehead atoms. The first kappa shape index (κ1) is 37.3. The van der Waals surface area contributed by atoms with Crippen molar-refractivity contribution in [2.24, 2.45) is 5.92 Å². The lowest BCUT2D eigenvalue weighted by Crippen LogP contribution is -2.57. The third kappa shape index (κ3) is 8.05. The van der Waals surface area contributed by atoms with Crippen LogP contribution in [0.1, 0.15) is 67.3 Å². The van der Waals surface area contributed by atoms with Crippen LogP contribution in [0.25, 0.3) is 11.1 Å². The van der Waals surface area contributed by atoms with Crippen molar-refractivity contribution in [2.45, 2.75) is 69.8 Å². The molecule has 3 aliphatic rings. The third-order valence-corrected chi connectivity index (χ3v) is 11.2. The van der Waals surface area contributed by atoms with Crippen LogP contribution >= 0.6 is 0 Å². The number of rotatable bonds is 12. The number of ether oxygens (including phenoxy) is 2. The van der Waals surface area contributed by atoms with E-state index < -0.39 is 17.8 Å².